The van der Waals surface area contributed by atoms with Crippen LogP contribution in [0.15, 0.2) is 55.1 Å². The molecular formula is C34H39N11O. The van der Waals surface area contributed by atoms with Crippen LogP contribution in [0, 0.1) is 17.2 Å². The molecule has 2 aliphatic rings. The minimum Gasteiger partial charge on any atom is -0.383 e. The minimum atomic E-state index is 0.210. The van der Waals surface area contributed by atoms with Gasteiger partial charge in [0, 0.05) is 68.8 Å². The van der Waals surface area contributed by atoms with Crippen molar-refractivity contribution < 1.29 is 4.74 Å². The maximum Gasteiger partial charge on any atom is 0.228 e. The van der Waals surface area contributed by atoms with E-state index in [1.807, 2.05) is 45.7 Å². The van der Waals surface area contributed by atoms with Crippen LogP contribution in [0.4, 0.5) is 11.8 Å². The van der Waals surface area contributed by atoms with Crippen LogP contribution in [0.3, 0.4) is 0 Å². The molecule has 5 aromatic rings. The topological polar surface area (TPSA) is 128 Å². The van der Waals surface area contributed by atoms with E-state index < -0.39 is 0 Å². The molecule has 1 aliphatic carbocycles. The summed E-state index contributed by atoms with van der Waals surface area (Å²) < 4.78 is 11.0. The van der Waals surface area contributed by atoms with E-state index in [1.165, 1.54) is 5.56 Å². The number of aryl methyl sites for hydroxylation is 3. The Labute approximate surface area is 268 Å². The van der Waals surface area contributed by atoms with E-state index in [1.54, 1.807) is 7.11 Å². The van der Waals surface area contributed by atoms with Gasteiger partial charge < -0.3 is 15.0 Å². The van der Waals surface area contributed by atoms with Crippen molar-refractivity contribution in [3.8, 4) is 28.5 Å². The molecule has 0 amide bonds. The van der Waals surface area contributed by atoms with Crippen LogP contribution >= 0.6 is 0 Å². The van der Waals surface area contributed by atoms with Gasteiger partial charge in [-0.25, -0.2) is 9.97 Å². The fourth-order valence-electron chi connectivity index (χ4n) is 6.46. The van der Waals surface area contributed by atoms with Crippen molar-refractivity contribution >= 4 is 11.8 Å². The number of methoxy groups -OCH3 is 1. The molecule has 0 radical (unpaired) electrons. The SMILES string of the molecule is COCCn1ccc(Nc2ncc3c(n2)-c2c(nn(C)c2Cc2cccc(-c4cnn(CCN5CCC(C#N)CC5)c4)c2)CC3)n1. The molecule has 1 saturated heterocycles. The first-order valence-corrected chi connectivity index (χ1v) is 16.0. The molecule has 0 bridgehead atoms. The number of nitrogens with one attached hydrogen (secondary N) is 1. The molecule has 236 valence electrons. The fraction of sp³-hybridized carbons (Fsp3) is 0.412. The average Bonchev–Trinajstić information content (AvgIpc) is 3.82. The zero-order valence-electron chi connectivity index (χ0n) is 26.4. The van der Waals surface area contributed by atoms with Gasteiger partial charge in [0.2, 0.25) is 5.95 Å². The van der Waals surface area contributed by atoms with Gasteiger partial charge in [0.25, 0.3) is 0 Å². The number of benzene rings is 1. The van der Waals surface area contributed by atoms with Gasteiger partial charge in [0.05, 0.1) is 49.0 Å². The molecule has 1 aliphatic heterocycles. The molecule has 0 spiro atoms. The van der Waals surface area contributed by atoms with Gasteiger partial charge in [-0.2, -0.15) is 20.6 Å². The molecule has 1 fully saturated rings. The van der Waals surface area contributed by atoms with Crippen molar-refractivity contribution in [2.75, 3.05) is 38.7 Å². The van der Waals surface area contributed by atoms with Crippen molar-refractivity contribution in [1.82, 2.24) is 44.2 Å². The van der Waals surface area contributed by atoms with Crippen LogP contribution in [-0.4, -0.2) is 77.6 Å². The third-order valence-corrected chi connectivity index (χ3v) is 9.06. The van der Waals surface area contributed by atoms with Crippen molar-refractivity contribution in [3.63, 3.8) is 0 Å². The predicted octanol–water partition coefficient (Wildman–Crippen LogP) is 4.25. The van der Waals surface area contributed by atoms with E-state index in [2.05, 4.69) is 61.9 Å². The lowest BCUT2D eigenvalue weighted by atomic mass is 9.91. The van der Waals surface area contributed by atoms with Gasteiger partial charge in [-0.1, -0.05) is 24.3 Å². The van der Waals surface area contributed by atoms with E-state index in [9.17, 15) is 0 Å². The van der Waals surface area contributed by atoms with Gasteiger partial charge in [-0.15, -0.1) is 0 Å². The first-order chi connectivity index (χ1) is 22.6. The number of likely N-dealkylation sites (tertiary alicyclic amines) is 1. The third kappa shape index (κ3) is 6.42. The highest BCUT2D eigenvalue weighted by Crippen LogP contribution is 2.36. The van der Waals surface area contributed by atoms with Gasteiger partial charge in [0.15, 0.2) is 5.82 Å². The highest BCUT2D eigenvalue weighted by molar-refractivity contribution is 5.72. The predicted molar refractivity (Wildman–Crippen MR) is 174 cm³/mol. The molecule has 5 heterocycles. The normalized spacial score (nSPS) is 15.0. The summed E-state index contributed by atoms with van der Waals surface area (Å²) in [6.07, 6.45) is 12.3. The second-order valence-corrected chi connectivity index (χ2v) is 12.2. The number of nitriles is 1. The van der Waals surface area contributed by atoms with Crippen molar-refractivity contribution in [3.05, 3.63) is 77.6 Å². The number of hydrogen-bond acceptors (Lipinski definition) is 9. The Morgan fingerprint density at radius 3 is 2.76 bits per heavy atom. The lowest BCUT2D eigenvalue weighted by molar-refractivity contribution is 0.183. The summed E-state index contributed by atoms with van der Waals surface area (Å²) in [6, 6.07) is 13.0. The fourth-order valence-corrected chi connectivity index (χ4v) is 6.46. The zero-order chi connectivity index (χ0) is 31.5. The van der Waals surface area contributed by atoms with E-state index in [-0.39, 0.29) is 5.92 Å². The second kappa shape index (κ2) is 13.2. The standard InChI is InChI=1S/C34H39N11O/c1-42-30(19-25-4-3-5-26(18-25)28-22-37-45(23-28)15-14-43-11-8-24(20-35)9-12-43)32-29(40-42)7-6-27-21-36-34(39-33(27)32)38-31-10-13-44(41-31)16-17-46-2/h3-5,10,13,18,21-24H,6-9,11-12,14-17,19H2,1-2H3,(H,36,38,39,41). The summed E-state index contributed by atoms with van der Waals surface area (Å²) in [4.78, 5) is 12.0. The van der Waals surface area contributed by atoms with Crippen molar-refractivity contribution in [1.29, 1.82) is 5.26 Å². The maximum atomic E-state index is 9.17. The second-order valence-electron chi connectivity index (χ2n) is 12.2. The highest BCUT2D eigenvalue weighted by atomic mass is 16.5. The van der Waals surface area contributed by atoms with Crippen LogP contribution in [0.1, 0.15) is 35.4 Å². The smallest absolute Gasteiger partial charge is 0.228 e. The number of rotatable bonds is 11. The van der Waals surface area contributed by atoms with Gasteiger partial charge in [0.1, 0.15) is 0 Å². The van der Waals surface area contributed by atoms with Crippen LogP contribution in [0.5, 0.6) is 0 Å². The number of ether oxygens (including phenoxy) is 1. The molecule has 46 heavy (non-hydrogen) atoms. The molecular weight excluding hydrogens is 578 g/mol. The molecule has 7 rings (SSSR count). The molecule has 0 saturated carbocycles. The summed E-state index contributed by atoms with van der Waals surface area (Å²) in [6.45, 7) is 5.04. The van der Waals surface area contributed by atoms with Crippen LogP contribution in [-0.2, 0) is 44.1 Å². The Kier molecular flexibility index (Phi) is 8.59. The van der Waals surface area contributed by atoms with E-state index in [0.29, 0.717) is 24.9 Å². The summed E-state index contributed by atoms with van der Waals surface area (Å²) in [5.74, 6) is 1.42. The number of fused-ring (bicyclic) bond motifs is 3. The number of anilines is 2. The van der Waals surface area contributed by atoms with Crippen LogP contribution in [0.2, 0.25) is 0 Å². The number of hydrogen-bond donors (Lipinski definition) is 1. The molecule has 12 heteroatoms. The molecule has 0 unspecified atom stereocenters. The Morgan fingerprint density at radius 2 is 1.91 bits per heavy atom. The number of piperidine rings is 1. The Morgan fingerprint density at radius 1 is 1.02 bits per heavy atom. The van der Waals surface area contributed by atoms with Gasteiger partial charge in [-0.3, -0.25) is 14.0 Å². The quantitative estimate of drug-likeness (QED) is 0.231. The van der Waals surface area contributed by atoms with Crippen LogP contribution in [0.25, 0.3) is 22.4 Å². The Bertz CT molecular complexity index is 1850. The summed E-state index contributed by atoms with van der Waals surface area (Å²) in [7, 11) is 3.71. The molecule has 0 atom stereocenters. The summed E-state index contributed by atoms with van der Waals surface area (Å²) >= 11 is 0. The maximum absolute atomic E-state index is 9.17. The van der Waals surface area contributed by atoms with Gasteiger partial charge in [-0.05, 0) is 55.5 Å². The van der Waals surface area contributed by atoms with E-state index >= 15 is 0 Å². The largest absolute Gasteiger partial charge is 0.383 e. The number of aromatic nitrogens is 8. The minimum absolute atomic E-state index is 0.210. The lowest BCUT2D eigenvalue weighted by Crippen LogP contribution is -2.35. The molecule has 1 N–H and O–H groups in total. The summed E-state index contributed by atoms with van der Waals surface area (Å²) in [5, 5.41) is 26.6. The molecule has 1 aromatic carbocycles. The van der Waals surface area contributed by atoms with Crippen molar-refractivity contribution in [2.24, 2.45) is 13.0 Å². The van der Waals surface area contributed by atoms with Crippen molar-refractivity contribution in [2.45, 2.75) is 45.2 Å². The zero-order valence-corrected chi connectivity index (χ0v) is 26.4. The number of nitrogens with zero attached hydrogens (tertiary/aromatic N) is 10. The van der Waals surface area contributed by atoms with Crippen LogP contribution < -0.4 is 5.32 Å². The monoisotopic (exact) mass is 617 g/mol. The molecule has 12 nitrogen and oxygen atoms in total. The van der Waals surface area contributed by atoms with E-state index in [4.69, 9.17) is 20.1 Å². The first kappa shape index (κ1) is 29.8. The Hall–Kier alpha value is -4.86. The molecule has 4 aromatic heterocycles. The average molecular weight is 618 g/mol. The van der Waals surface area contributed by atoms with Gasteiger partial charge >= 0.3 is 0 Å². The van der Waals surface area contributed by atoms with E-state index in [0.717, 1.165) is 97.6 Å². The third-order valence-electron chi connectivity index (χ3n) is 9.06. The lowest BCUT2D eigenvalue weighted by Gasteiger charge is -2.28. The summed E-state index contributed by atoms with van der Waals surface area (Å²) in [5.41, 5.74) is 8.85. The Balaban J connectivity index is 1.07. The first-order valence-electron chi connectivity index (χ1n) is 16.0. The highest BCUT2D eigenvalue weighted by Gasteiger charge is 2.26.